The Morgan fingerprint density at radius 3 is 1.96 bits per heavy atom. The Morgan fingerprint density at radius 1 is 0.769 bits per heavy atom. The van der Waals surface area contributed by atoms with E-state index in [1.807, 2.05) is 6.07 Å². The predicted octanol–water partition coefficient (Wildman–Crippen LogP) is 3.88. The Labute approximate surface area is 150 Å². The van der Waals surface area contributed by atoms with Crippen LogP contribution in [-0.4, -0.2) is 14.3 Å². The van der Waals surface area contributed by atoms with E-state index in [9.17, 15) is 17.6 Å². The molecule has 0 saturated heterocycles. The number of carbonyl (C=O) groups excluding carboxylic acids is 1. The maximum absolute atomic E-state index is 12.9. The zero-order valence-corrected chi connectivity index (χ0v) is 14.3. The lowest BCUT2D eigenvalue weighted by Gasteiger charge is -2.09. The number of carbonyl (C=O) groups is 1. The molecule has 1 amide bonds. The van der Waals surface area contributed by atoms with Gasteiger partial charge in [0.1, 0.15) is 5.82 Å². The summed E-state index contributed by atoms with van der Waals surface area (Å²) < 4.78 is 40.0. The second-order valence-corrected chi connectivity index (χ2v) is 7.14. The molecule has 3 aromatic rings. The Bertz CT molecular complexity index is 1000. The summed E-state index contributed by atoms with van der Waals surface area (Å²) in [7, 11) is -3.81. The lowest BCUT2D eigenvalue weighted by molar-refractivity contribution is 0.102. The number of hydrogen-bond acceptors (Lipinski definition) is 3. The molecule has 0 unspecified atom stereocenters. The highest BCUT2D eigenvalue weighted by Gasteiger charge is 2.14. The van der Waals surface area contributed by atoms with Crippen molar-refractivity contribution in [3.8, 4) is 0 Å². The van der Waals surface area contributed by atoms with Gasteiger partial charge in [-0.15, -0.1) is 0 Å². The van der Waals surface area contributed by atoms with Crippen LogP contribution >= 0.6 is 0 Å². The maximum Gasteiger partial charge on any atom is 0.261 e. The molecule has 5 nitrogen and oxygen atoms in total. The molecule has 0 aliphatic heterocycles. The number of sulfonamides is 1. The quantitative estimate of drug-likeness (QED) is 0.716. The Morgan fingerprint density at radius 2 is 1.35 bits per heavy atom. The molecule has 0 bridgehead atoms. The molecule has 0 saturated carbocycles. The van der Waals surface area contributed by atoms with Gasteiger partial charge in [0.05, 0.1) is 4.90 Å². The van der Waals surface area contributed by atoms with E-state index in [2.05, 4.69) is 10.0 Å². The first-order chi connectivity index (χ1) is 12.4. The first kappa shape index (κ1) is 17.6. The average molecular weight is 370 g/mol. The van der Waals surface area contributed by atoms with Crippen LogP contribution in [0.3, 0.4) is 0 Å². The highest BCUT2D eigenvalue weighted by atomic mass is 32.2. The number of anilines is 2. The van der Waals surface area contributed by atoms with Crippen molar-refractivity contribution in [1.29, 1.82) is 0 Å². The van der Waals surface area contributed by atoms with E-state index in [1.54, 1.807) is 24.3 Å². The second-order valence-electron chi connectivity index (χ2n) is 5.46. The fraction of sp³-hybridized carbons (Fsp3) is 0. The van der Waals surface area contributed by atoms with E-state index < -0.39 is 15.8 Å². The molecule has 132 valence electrons. The summed E-state index contributed by atoms with van der Waals surface area (Å²) in [5.74, 6) is -0.739. The van der Waals surface area contributed by atoms with Gasteiger partial charge in [-0.25, -0.2) is 12.8 Å². The van der Waals surface area contributed by atoms with Crippen LogP contribution < -0.4 is 10.0 Å². The van der Waals surface area contributed by atoms with Crippen molar-refractivity contribution in [2.24, 2.45) is 0 Å². The normalized spacial score (nSPS) is 11.0. The number of halogens is 1. The minimum absolute atomic E-state index is 0.0273. The summed E-state index contributed by atoms with van der Waals surface area (Å²) in [6.45, 7) is 0. The maximum atomic E-state index is 12.9. The van der Waals surface area contributed by atoms with Crippen LogP contribution in [0.1, 0.15) is 10.4 Å². The highest BCUT2D eigenvalue weighted by molar-refractivity contribution is 7.92. The molecule has 2 N–H and O–H groups in total. The van der Waals surface area contributed by atoms with Crippen molar-refractivity contribution in [1.82, 2.24) is 0 Å². The SMILES string of the molecule is O=C(Nc1ccc(S(=O)(=O)Nc2ccc(F)cc2)cc1)c1ccccc1. The molecule has 0 radical (unpaired) electrons. The van der Waals surface area contributed by atoms with Crippen molar-refractivity contribution < 1.29 is 17.6 Å². The summed E-state index contributed by atoms with van der Waals surface area (Å²) in [5, 5.41) is 2.70. The first-order valence-electron chi connectivity index (χ1n) is 7.69. The minimum Gasteiger partial charge on any atom is -0.322 e. The average Bonchev–Trinajstić information content (AvgIpc) is 2.64. The van der Waals surface area contributed by atoms with Gasteiger partial charge in [0, 0.05) is 16.9 Å². The summed E-state index contributed by atoms with van der Waals surface area (Å²) in [5.41, 5.74) is 1.23. The van der Waals surface area contributed by atoms with E-state index in [0.717, 1.165) is 0 Å². The standard InChI is InChI=1S/C19H15FN2O3S/c20-15-6-8-17(9-7-15)22-26(24,25)18-12-10-16(11-13-18)21-19(23)14-4-2-1-3-5-14/h1-13,22H,(H,21,23). The summed E-state index contributed by atoms with van der Waals surface area (Å²) in [4.78, 5) is 12.1. The number of amides is 1. The molecule has 7 heteroatoms. The van der Waals surface area contributed by atoms with Crippen LogP contribution in [0.25, 0.3) is 0 Å². The molecule has 3 aromatic carbocycles. The molecule has 0 heterocycles. The highest BCUT2D eigenvalue weighted by Crippen LogP contribution is 2.19. The number of benzene rings is 3. The van der Waals surface area contributed by atoms with Gasteiger partial charge in [-0.3, -0.25) is 9.52 Å². The molecule has 0 spiro atoms. The zero-order valence-electron chi connectivity index (χ0n) is 13.5. The zero-order chi connectivity index (χ0) is 18.6. The number of hydrogen-bond donors (Lipinski definition) is 2. The number of rotatable bonds is 5. The fourth-order valence-corrected chi connectivity index (χ4v) is 3.30. The van der Waals surface area contributed by atoms with Gasteiger partial charge in [-0.1, -0.05) is 18.2 Å². The Balaban J connectivity index is 1.72. The van der Waals surface area contributed by atoms with Crippen molar-refractivity contribution in [2.45, 2.75) is 4.90 Å². The van der Waals surface area contributed by atoms with Crippen LogP contribution in [0.4, 0.5) is 15.8 Å². The molecular formula is C19H15FN2O3S. The van der Waals surface area contributed by atoms with Gasteiger partial charge in [0.2, 0.25) is 0 Å². The molecule has 0 atom stereocenters. The summed E-state index contributed by atoms with van der Waals surface area (Å²) in [6.07, 6.45) is 0. The molecular weight excluding hydrogens is 355 g/mol. The van der Waals surface area contributed by atoms with Crippen molar-refractivity contribution >= 4 is 27.3 Å². The fourth-order valence-electron chi connectivity index (χ4n) is 2.24. The van der Waals surface area contributed by atoms with Crippen molar-refractivity contribution in [3.63, 3.8) is 0 Å². The molecule has 0 fully saturated rings. The third-order valence-corrected chi connectivity index (χ3v) is 4.95. The topological polar surface area (TPSA) is 75.3 Å². The Kier molecular flexibility index (Phi) is 4.99. The van der Waals surface area contributed by atoms with Gasteiger partial charge in [-0.2, -0.15) is 0 Å². The van der Waals surface area contributed by atoms with E-state index in [4.69, 9.17) is 0 Å². The lowest BCUT2D eigenvalue weighted by Crippen LogP contribution is -2.14. The third-order valence-electron chi connectivity index (χ3n) is 3.55. The molecule has 0 aliphatic rings. The van der Waals surface area contributed by atoms with E-state index in [0.29, 0.717) is 11.3 Å². The summed E-state index contributed by atoms with van der Waals surface area (Å²) >= 11 is 0. The first-order valence-corrected chi connectivity index (χ1v) is 9.17. The van der Waals surface area contributed by atoms with E-state index >= 15 is 0 Å². The van der Waals surface area contributed by atoms with Crippen molar-refractivity contribution in [2.75, 3.05) is 10.0 Å². The van der Waals surface area contributed by atoms with Crippen molar-refractivity contribution in [3.05, 3.63) is 90.2 Å². The molecule has 26 heavy (non-hydrogen) atoms. The van der Waals surface area contributed by atoms with E-state index in [1.165, 1.54) is 48.5 Å². The number of nitrogens with one attached hydrogen (secondary N) is 2. The minimum atomic E-state index is -3.81. The van der Waals surface area contributed by atoms with Gasteiger partial charge < -0.3 is 5.32 Å². The molecule has 3 rings (SSSR count). The molecule has 0 aromatic heterocycles. The van der Waals surface area contributed by atoms with Crippen LogP contribution in [0.5, 0.6) is 0 Å². The molecule has 0 aliphatic carbocycles. The van der Waals surface area contributed by atoms with Crippen LogP contribution in [0.2, 0.25) is 0 Å². The smallest absolute Gasteiger partial charge is 0.261 e. The van der Waals surface area contributed by atoms with E-state index in [-0.39, 0.29) is 16.5 Å². The second kappa shape index (κ2) is 7.37. The van der Waals surface area contributed by atoms with Crippen LogP contribution in [-0.2, 0) is 10.0 Å². The monoisotopic (exact) mass is 370 g/mol. The summed E-state index contributed by atoms with van der Waals surface area (Å²) in [6, 6.07) is 19.4. The van der Waals surface area contributed by atoms with Gasteiger partial charge in [-0.05, 0) is 60.7 Å². The van der Waals surface area contributed by atoms with Crippen LogP contribution in [0, 0.1) is 5.82 Å². The predicted molar refractivity (Wildman–Crippen MR) is 98.0 cm³/mol. The largest absolute Gasteiger partial charge is 0.322 e. The van der Waals surface area contributed by atoms with Gasteiger partial charge in [0.25, 0.3) is 15.9 Å². The van der Waals surface area contributed by atoms with Crippen LogP contribution in [0.15, 0.2) is 83.8 Å². The lowest BCUT2D eigenvalue weighted by atomic mass is 10.2. The third kappa shape index (κ3) is 4.25. The Hall–Kier alpha value is -3.19. The van der Waals surface area contributed by atoms with Gasteiger partial charge in [0.15, 0.2) is 0 Å². The van der Waals surface area contributed by atoms with Gasteiger partial charge >= 0.3 is 0 Å².